The number of aliphatic hydroxyl groups excluding tert-OH is 4. The average Bonchev–Trinajstić information content (AvgIpc) is 2.69. The monoisotopic (exact) mass is 385 g/mol. The molecule has 9 nitrogen and oxygen atoms in total. The number of amides is 1. The first-order valence-corrected chi connectivity index (χ1v) is 8.89. The van der Waals surface area contributed by atoms with E-state index in [4.69, 9.17) is 19.3 Å². The summed E-state index contributed by atoms with van der Waals surface area (Å²) in [6, 6.07) is 9.35. The summed E-state index contributed by atoms with van der Waals surface area (Å²) in [4.78, 5) is 11.6. The lowest BCUT2D eigenvalue weighted by atomic mass is 9.99. The molecule has 1 aliphatic rings. The zero-order chi connectivity index (χ0) is 19.6. The molecule has 1 aromatic carbocycles. The topological polar surface area (TPSA) is 138 Å². The maximum absolute atomic E-state index is 11.6. The third-order valence-corrected chi connectivity index (χ3v) is 4.18. The Labute approximate surface area is 157 Å². The summed E-state index contributed by atoms with van der Waals surface area (Å²) in [7, 11) is 0. The van der Waals surface area contributed by atoms with Crippen molar-refractivity contribution in [2.75, 3.05) is 19.8 Å². The number of aliphatic hydroxyl groups is 4. The smallest absolute Gasteiger partial charge is 0.407 e. The van der Waals surface area contributed by atoms with Crippen molar-refractivity contribution in [2.45, 2.75) is 50.2 Å². The predicted molar refractivity (Wildman–Crippen MR) is 93.6 cm³/mol. The molecule has 0 bridgehead atoms. The van der Waals surface area contributed by atoms with Crippen LogP contribution in [0.3, 0.4) is 0 Å². The van der Waals surface area contributed by atoms with Crippen LogP contribution >= 0.6 is 0 Å². The second kappa shape index (κ2) is 11.2. The molecule has 0 saturated carbocycles. The third-order valence-electron chi connectivity index (χ3n) is 4.18. The minimum Gasteiger partial charge on any atom is -0.445 e. The van der Waals surface area contributed by atoms with Crippen LogP contribution in [0.5, 0.6) is 0 Å². The number of hydrogen-bond donors (Lipinski definition) is 5. The number of carbonyl (C=O) groups is 1. The molecule has 5 N–H and O–H groups in total. The van der Waals surface area contributed by atoms with Gasteiger partial charge in [-0.25, -0.2) is 4.79 Å². The van der Waals surface area contributed by atoms with Gasteiger partial charge < -0.3 is 40.0 Å². The summed E-state index contributed by atoms with van der Waals surface area (Å²) in [6.45, 7) is 0.307. The normalized spacial score (nSPS) is 27.9. The second-order valence-electron chi connectivity index (χ2n) is 6.26. The summed E-state index contributed by atoms with van der Waals surface area (Å²) in [5.41, 5.74) is 0.903. The van der Waals surface area contributed by atoms with Gasteiger partial charge in [-0.05, 0) is 18.4 Å². The van der Waals surface area contributed by atoms with Crippen molar-refractivity contribution >= 4 is 6.09 Å². The summed E-state index contributed by atoms with van der Waals surface area (Å²) in [5.74, 6) is 0. The van der Waals surface area contributed by atoms with Crippen LogP contribution in [0, 0.1) is 0 Å². The van der Waals surface area contributed by atoms with Gasteiger partial charge >= 0.3 is 6.09 Å². The van der Waals surface area contributed by atoms with Crippen molar-refractivity contribution in [1.82, 2.24) is 5.32 Å². The van der Waals surface area contributed by atoms with Gasteiger partial charge in [0.25, 0.3) is 0 Å². The number of nitrogens with one attached hydrogen (secondary N) is 1. The fourth-order valence-electron chi connectivity index (χ4n) is 2.60. The molecule has 9 heteroatoms. The average molecular weight is 385 g/mol. The molecule has 152 valence electrons. The molecule has 1 heterocycles. The van der Waals surface area contributed by atoms with Gasteiger partial charge in [0, 0.05) is 13.2 Å². The van der Waals surface area contributed by atoms with Crippen molar-refractivity contribution in [3.8, 4) is 0 Å². The molecule has 1 aliphatic heterocycles. The highest BCUT2D eigenvalue weighted by atomic mass is 16.7. The summed E-state index contributed by atoms with van der Waals surface area (Å²) >= 11 is 0. The Morgan fingerprint density at radius 3 is 2.52 bits per heavy atom. The lowest BCUT2D eigenvalue weighted by molar-refractivity contribution is -0.301. The van der Waals surface area contributed by atoms with E-state index in [1.54, 1.807) is 0 Å². The number of unbranched alkanes of at least 4 members (excludes halogenated alkanes) is 1. The van der Waals surface area contributed by atoms with Gasteiger partial charge in [-0.2, -0.15) is 0 Å². The summed E-state index contributed by atoms with van der Waals surface area (Å²) in [6.07, 6.45) is -5.73. The van der Waals surface area contributed by atoms with E-state index in [2.05, 4.69) is 5.32 Å². The summed E-state index contributed by atoms with van der Waals surface area (Å²) in [5, 5.41) is 40.9. The SMILES string of the molecule is O=C(NCCCCO[C@H]1O[C@H](CO)[C@@H](O)[C@H](O)[C@H]1O)OCc1ccccc1. The van der Waals surface area contributed by atoms with Gasteiger partial charge in [-0.15, -0.1) is 0 Å². The van der Waals surface area contributed by atoms with Gasteiger partial charge in [0.1, 0.15) is 31.0 Å². The van der Waals surface area contributed by atoms with Crippen LogP contribution in [0.1, 0.15) is 18.4 Å². The predicted octanol–water partition coefficient (Wildman–Crippen LogP) is -0.490. The molecule has 0 spiro atoms. The van der Waals surface area contributed by atoms with Crippen LogP contribution in [0.15, 0.2) is 30.3 Å². The fourth-order valence-corrected chi connectivity index (χ4v) is 2.60. The number of alkyl carbamates (subject to hydrolysis) is 1. The molecule has 0 radical (unpaired) electrons. The minimum atomic E-state index is -1.46. The highest BCUT2D eigenvalue weighted by molar-refractivity contribution is 5.67. The van der Waals surface area contributed by atoms with Crippen LogP contribution in [0.2, 0.25) is 0 Å². The largest absolute Gasteiger partial charge is 0.445 e. The highest BCUT2D eigenvalue weighted by Gasteiger charge is 2.43. The van der Waals surface area contributed by atoms with E-state index >= 15 is 0 Å². The second-order valence-corrected chi connectivity index (χ2v) is 6.26. The molecule has 27 heavy (non-hydrogen) atoms. The third kappa shape index (κ3) is 6.73. The maximum atomic E-state index is 11.6. The van der Waals surface area contributed by atoms with Gasteiger partial charge in [0.05, 0.1) is 6.61 Å². The number of ether oxygens (including phenoxy) is 3. The molecule has 1 fully saturated rings. The first-order chi connectivity index (χ1) is 13.0. The first-order valence-electron chi connectivity index (χ1n) is 8.89. The Balaban J connectivity index is 1.55. The number of hydrogen-bond acceptors (Lipinski definition) is 8. The Kier molecular flexibility index (Phi) is 8.92. The standard InChI is InChI=1S/C18H27NO8/c20-10-13-14(21)15(22)16(23)17(27-13)25-9-5-4-8-19-18(24)26-11-12-6-2-1-3-7-12/h1-3,6-7,13-17,20-23H,4-5,8-11H2,(H,19,24)/t13-,14-,15+,16-,17+/m1/s1. The summed E-state index contributed by atoms with van der Waals surface area (Å²) < 4.78 is 15.7. The van der Waals surface area contributed by atoms with E-state index < -0.39 is 43.4 Å². The molecule has 0 aliphatic carbocycles. The Hall–Kier alpha value is -1.75. The van der Waals surface area contributed by atoms with Crippen molar-refractivity contribution < 1.29 is 39.4 Å². The Morgan fingerprint density at radius 2 is 1.81 bits per heavy atom. The van der Waals surface area contributed by atoms with Crippen molar-refractivity contribution in [3.63, 3.8) is 0 Å². The maximum Gasteiger partial charge on any atom is 0.407 e. The van der Waals surface area contributed by atoms with Crippen molar-refractivity contribution in [3.05, 3.63) is 35.9 Å². The van der Waals surface area contributed by atoms with E-state index in [-0.39, 0.29) is 13.2 Å². The Bertz CT molecular complexity index is 556. The first kappa shape index (κ1) is 21.5. The molecule has 1 aromatic rings. The van der Waals surface area contributed by atoms with Gasteiger partial charge in [0.15, 0.2) is 6.29 Å². The lowest BCUT2D eigenvalue weighted by Gasteiger charge is -2.39. The Morgan fingerprint density at radius 1 is 1.07 bits per heavy atom. The molecule has 1 saturated heterocycles. The van der Waals surface area contributed by atoms with E-state index in [0.717, 1.165) is 5.56 Å². The zero-order valence-corrected chi connectivity index (χ0v) is 14.9. The van der Waals surface area contributed by atoms with Crippen LogP contribution < -0.4 is 5.32 Å². The van der Waals surface area contributed by atoms with E-state index in [9.17, 15) is 20.1 Å². The van der Waals surface area contributed by atoms with Crippen LogP contribution in [-0.2, 0) is 20.8 Å². The molecular weight excluding hydrogens is 358 g/mol. The van der Waals surface area contributed by atoms with Crippen LogP contribution in [0.4, 0.5) is 4.79 Å². The number of carbonyl (C=O) groups excluding carboxylic acids is 1. The van der Waals surface area contributed by atoms with Gasteiger partial charge in [0.2, 0.25) is 0 Å². The van der Waals surface area contributed by atoms with E-state index in [0.29, 0.717) is 19.4 Å². The molecule has 0 unspecified atom stereocenters. The molecule has 5 atom stereocenters. The number of benzene rings is 1. The van der Waals surface area contributed by atoms with E-state index in [1.807, 2.05) is 30.3 Å². The van der Waals surface area contributed by atoms with Gasteiger partial charge in [-0.1, -0.05) is 30.3 Å². The quantitative estimate of drug-likeness (QED) is 0.359. The van der Waals surface area contributed by atoms with Crippen LogP contribution in [0.25, 0.3) is 0 Å². The number of rotatable bonds is 9. The van der Waals surface area contributed by atoms with Crippen molar-refractivity contribution in [1.29, 1.82) is 0 Å². The molecule has 1 amide bonds. The lowest BCUT2D eigenvalue weighted by Crippen LogP contribution is -2.59. The van der Waals surface area contributed by atoms with E-state index in [1.165, 1.54) is 0 Å². The zero-order valence-electron chi connectivity index (χ0n) is 14.9. The van der Waals surface area contributed by atoms with Crippen molar-refractivity contribution in [2.24, 2.45) is 0 Å². The fraction of sp³-hybridized carbons (Fsp3) is 0.611. The molecular formula is C18H27NO8. The molecule has 2 rings (SSSR count). The minimum absolute atomic E-state index is 0.201. The van der Waals surface area contributed by atoms with Crippen LogP contribution in [-0.4, -0.2) is 77.0 Å². The van der Waals surface area contributed by atoms with Gasteiger partial charge in [-0.3, -0.25) is 0 Å². The highest BCUT2D eigenvalue weighted by Crippen LogP contribution is 2.22. The molecule has 0 aromatic heterocycles.